The SMILES string of the molecule is Cc1ccc(NC(=O)C(=O)Nc2ccc(I)cc2C)cc1C. The standard InChI is InChI=1S/C17H17IN2O2/c1-10-4-6-14(9-11(10)2)19-16(21)17(22)20-15-7-5-13(18)8-12(15)3/h4-9H,1-3H3,(H,19,21)(H,20,22). The van der Waals surface area contributed by atoms with E-state index in [-0.39, 0.29) is 0 Å². The fraction of sp³-hybridized carbons (Fsp3) is 0.176. The van der Waals surface area contributed by atoms with Crippen molar-refractivity contribution in [2.45, 2.75) is 20.8 Å². The molecule has 0 atom stereocenters. The topological polar surface area (TPSA) is 58.2 Å². The number of anilines is 2. The van der Waals surface area contributed by atoms with Crippen LogP contribution >= 0.6 is 22.6 Å². The van der Waals surface area contributed by atoms with Crippen LogP contribution in [0.15, 0.2) is 36.4 Å². The number of nitrogens with one attached hydrogen (secondary N) is 2. The number of aryl methyl sites for hydroxylation is 3. The Bertz CT molecular complexity index is 741. The van der Waals surface area contributed by atoms with Crippen LogP contribution in [0.4, 0.5) is 11.4 Å². The van der Waals surface area contributed by atoms with Gasteiger partial charge in [0.1, 0.15) is 0 Å². The number of rotatable bonds is 2. The molecule has 0 unspecified atom stereocenters. The molecule has 0 bridgehead atoms. The van der Waals surface area contributed by atoms with E-state index in [1.54, 1.807) is 12.1 Å². The highest BCUT2D eigenvalue weighted by Gasteiger charge is 2.15. The Labute approximate surface area is 143 Å². The molecular formula is C17H17IN2O2. The molecule has 5 heteroatoms. The van der Waals surface area contributed by atoms with E-state index >= 15 is 0 Å². The van der Waals surface area contributed by atoms with Gasteiger partial charge in [-0.25, -0.2) is 0 Å². The summed E-state index contributed by atoms with van der Waals surface area (Å²) in [4.78, 5) is 23.9. The van der Waals surface area contributed by atoms with Gasteiger partial charge in [0.15, 0.2) is 0 Å². The number of carbonyl (C=O) groups is 2. The van der Waals surface area contributed by atoms with Crippen molar-refractivity contribution in [2.75, 3.05) is 10.6 Å². The van der Waals surface area contributed by atoms with Crippen molar-refractivity contribution in [3.8, 4) is 0 Å². The van der Waals surface area contributed by atoms with Gasteiger partial charge in [0, 0.05) is 14.9 Å². The van der Waals surface area contributed by atoms with Crippen molar-refractivity contribution in [3.05, 3.63) is 56.7 Å². The largest absolute Gasteiger partial charge is 0.318 e. The Morgan fingerprint density at radius 3 is 2.14 bits per heavy atom. The van der Waals surface area contributed by atoms with Gasteiger partial charge in [-0.3, -0.25) is 9.59 Å². The predicted molar refractivity (Wildman–Crippen MR) is 97.1 cm³/mol. The van der Waals surface area contributed by atoms with Crippen LogP contribution in [0, 0.1) is 24.3 Å². The van der Waals surface area contributed by atoms with Crippen LogP contribution in [-0.4, -0.2) is 11.8 Å². The molecule has 0 fully saturated rings. The Morgan fingerprint density at radius 1 is 0.818 bits per heavy atom. The van der Waals surface area contributed by atoms with Crippen LogP contribution in [0.2, 0.25) is 0 Å². The first-order chi connectivity index (χ1) is 10.4. The van der Waals surface area contributed by atoms with Crippen molar-refractivity contribution < 1.29 is 9.59 Å². The second kappa shape index (κ2) is 6.91. The molecule has 4 nitrogen and oxygen atoms in total. The first kappa shape index (κ1) is 16.5. The zero-order chi connectivity index (χ0) is 16.3. The zero-order valence-electron chi connectivity index (χ0n) is 12.7. The van der Waals surface area contributed by atoms with Gasteiger partial charge >= 0.3 is 11.8 Å². The summed E-state index contributed by atoms with van der Waals surface area (Å²) in [6.45, 7) is 5.84. The van der Waals surface area contributed by atoms with Crippen LogP contribution in [0.3, 0.4) is 0 Å². The van der Waals surface area contributed by atoms with E-state index < -0.39 is 11.8 Å². The molecule has 0 aliphatic rings. The molecule has 0 aliphatic heterocycles. The van der Waals surface area contributed by atoms with Gasteiger partial charge in [0.25, 0.3) is 0 Å². The first-order valence-electron chi connectivity index (χ1n) is 6.82. The van der Waals surface area contributed by atoms with Gasteiger partial charge in [0.05, 0.1) is 0 Å². The lowest BCUT2D eigenvalue weighted by atomic mass is 10.1. The summed E-state index contributed by atoms with van der Waals surface area (Å²) in [5, 5.41) is 5.24. The normalized spacial score (nSPS) is 10.2. The lowest BCUT2D eigenvalue weighted by Gasteiger charge is -2.10. The molecule has 0 saturated heterocycles. The fourth-order valence-corrected chi connectivity index (χ4v) is 2.60. The summed E-state index contributed by atoms with van der Waals surface area (Å²) in [5.41, 5.74) is 4.37. The van der Waals surface area contributed by atoms with Gasteiger partial charge in [-0.2, -0.15) is 0 Å². The van der Waals surface area contributed by atoms with Crippen LogP contribution in [-0.2, 0) is 9.59 Å². The number of carbonyl (C=O) groups excluding carboxylic acids is 2. The van der Waals surface area contributed by atoms with Crippen molar-refractivity contribution in [1.29, 1.82) is 0 Å². The van der Waals surface area contributed by atoms with Gasteiger partial charge in [-0.1, -0.05) is 6.07 Å². The summed E-state index contributed by atoms with van der Waals surface area (Å²) in [6.07, 6.45) is 0. The average molecular weight is 408 g/mol. The maximum Gasteiger partial charge on any atom is 0.314 e. The predicted octanol–water partition coefficient (Wildman–Crippen LogP) is 3.79. The molecular weight excluding hydrogens is 391 g/mol. The van der Waals surface area contributed by atoms with E-state index in [0.29, 0.717) is 11.4 Å². The second-order valence-corrected chi connectivity index (χ2v) is 6.41. The van der Waals surface area contributed by atoms with Crippen molar-refractivity contribution in [2.24, 2.45) is 0 Å². The summed E-state index contributed by atoms with van der Waals surface area (Å²) < 4.78 is 1.08. The molecule has 0 spiro atoms. The fourth-order valence-electron chi connectivity index (χ4n) is 1.95. The minimum absolute atomic E-state index is 0.614. The van der Waals surface area contributed by atoms with Gasteiger partial charge in [-0.15, -0.1) is 0 Å². The molecule has 0 heterocycles. The van der Waals surface area contributed by atoms with Gasteiger partial charge in [-0.05, 0) is 90.4 Å². The van der Waals surface area contributed by atoms with E-state index in [0.717, 1.165) is 20.3 Å². The van der Waals surface area contributed by atoms with E-state index in [1.165, 1.54) is 0 Å². The number of benzene rings is 2. The summed E-state index contributed by atoms with van der Waals surface area (Å²) in [6, 6.07) is 11.1. The first-order valence-corrected chi connectivity index (χ1v) is 7.90. The Hall–Kier alpha value is -1.89. The zero-order valence-corrected chi connectivity index (χ0v) is 14.8. The maximum absolute atomic E-state index is 12.0. The second-order valence-electron chi connectivity index (χ2n) is 5.17. The highest BCUT2D eigenvalue weighted by Crippen LogP contribution is 2.18. The summed E-state index contributed by atoms with van der Waals surface area (Å²) in [7, 11) is 0. The smallest absolute Gasteiger partial charge is 0.314 e. The lowest BCUT2D eigenvalue weighted by Crippen LogP contribution is -2.29. The third-order valence-electron chi connectivity index (χ3n) is 3.41. The minimum atomic E-state index is -0.679. The van der Waals surface area contributed by atoms with Gasteiger partial charge < -0.3 is 10.6 Å². The van der Waals surface area contributed by atoms with E-state index in [1.807, 2.05) is 45.0 Å². The molecule has 2 rings (SSSR count). The number of amides is 2. The highest BCUT2D eigenvalue weighted by molar-refractivity contribution is 14.1. The van der Waals surface area contributed by atoms with E-state index in [9.17, 15) is 9.59 Å². The Morgan fingerprint density at radius 2 is 1.50 bits per heavy atom. The number of hydrogen-bond acceptors (Lipinski definition) is 2. The Balaban J connectivity index is 2.05. The van der Waals surface area contributed by atoms with E-state index in [2.05, 4.69) is 33.2 Å². The monoisotopic (exact) mass is 408 g/mol. The Kier molecular flexibility index (Phi) is 5.18. The molecule has 0 radical (unpaired) electrons. The molecule has 0 saturated carbocycles. The molecule has 2 amide bonds. The van der Waals surface area contributed by atoms with Crippen molar-refractivity contribution in [3.63, 3.8) is 0 Å². The van der Waals surface area contributed by atoms with Crippen LogP contribution in [0.25, 0.3) is 0 Å². The van der Waals surface area contributed by atoms with Gasteiger partial charge in [0.2, 0.25) is 0 Å². The quantitative estimate of drug-likeness (QED) is 0.587. The molecule has 2 N–H and O–H groups in total. The van der Waals surface area contributed by atoms with Crippen LogP contribution in [0.5, 0.6) is 0 Å². The van der Waals surface area contributed by atoms with Crippen molar-refractivity contribution >= 4 is 45.8 Å². The number of hydrogen-bond donors (Lipinski definition) is 2. The lowest BCUT2D eigenvalue weighted by molar-refractivity contribution is -0.133. The molecule has 2 aromatic carbocycles. The van der Waals surface area contributed by atoms with Crippen molar-refractivity contribution in [1.82, 2.24) is 0 Å². The molecule has 2 aromatic rings. The molecule has 0 aliphatic carbocycles. The van der Waals surface area contributed by atoms with Crippen LogP contribution < -0.4 is 10.6 Å². The average Bonchev–Trinajstić information content (AvgIpc) is 2.45. The molecule has 22 heavy (non-hydrogen) atoms. The molecule has 114 valence electrons. The summed E-state index contributed by atoms with van der Waals surface area (Å²) in [5.74, 6) is -1.36. The molecule has 0 aromatic heterocycles. The third kappa shape index (κ3) is 4.07. The minimum Gasteiger partial charge on any atom is -0.318 e. The van der Waals surface area contributed by atoms with Crippen LogP contribution in [0.1, 0.15) is 16.7 Å². The van der Waals surface area contributed by atoms with E-state index in [4.69, 9.17) is 0 Å². The number of halogens is 1. The summed E-state index contributed by atoms with van der Waals surface area (Å²) >= 11 is 2.20. The third-order valence-corrected chi connectivity index (χ3v) is 4.08. The maximum atomic E-state index is 12.0. The highest BCUT2D eigenvalue weighted by atomic mass is 127.